The Kier molecular flexibility index (Phi) is 7.50. The van der Waals surface area contributed by atoms with Crippen LogP contribution < -0.4 is 10.2 Å². The first-order chi connectivity index (χ1) is 16.5. The number of hydrogen-bond acceptors (Lipinski definition) is 11. The number of morpholine rings is 1. The van der Waals surface area contributed by atoms with Gasteiger partial charge in [-0.1, -0.05) is 30.0 Å². The molecule has 0 atom stereocenters. The van der Waals surface area contributed by atoms with Crippen LogP contribution in [0.2, 0.25) is 0 Å². The van der Waals surface area contributed by atoms with Crippen LogP contribution in [0.1, 0.15) is 5.56 Å². The predicted molar refractivity (Wildman–Crippen MR) is 127 cm³/mol. The summed E-state index contributed by atoms with van der Waals surface area (Å²) in [5.74, 6) is 0.468. The number of hydrogen-bond donors (Lipinski definition) is 2. The Morgan fingerprint density at radius 1 is 1.15 bits per heavy atom. The molecule has 176 valence electrons. The zero-order chi connectivity index (χ0) is 23.9. The lowest BCUT2D eigenvalue weighted by molar-refractivity contribution is -0.384. The lowest BCUT2D eigenvalue weighted by Crippen LogP contribution is -2.37. The summed E-state index contributed by atoms with van der Waals surface area (Å²) < 4.78 is 5.41. The third-order valence-electron chi connectivity index (χ3n) is 4.96. The van der Waals surface area contributed by atoms with E-state index in [1.807, 2.05) is 35.2 Å². The van der Waals surface area contributed by atoms with Gasteiger partial charge in [-0.05, 0) is 18.2 Å². The zero-order valence-corrected chi connectivity index (χ0v) is 18.9. The first-order valence-electron chi connectivity index (χ1n) is 10.5. The van der Waals surface area contributed by atoms with E-state index in [1.165, 1.54) is 23.9 Å². The molecule has 11 nitrogen and oxygen atoms in total. The molecule has 4 rings (SSSR count). The van der Waals surface area contributed by atoms with Crippen LogP contribution >= 0.6 is 11.8 Å². The van der Waals surface area contributed by atoms with Crippen molar-refractivity contribution in [2.24, 2.45) is 0 Å². The Morgan fingerprint density at radius 2 is 1.91 bits per heavy atom. The quantitative estimate of drug-likeness (QED) is 0.264. The fourth-order valence-electron chi connectivity index (χ4n) is 3.25. The fourth-order valence-corrected chi connectivity index (χ4v) is 3.93. The van der Waals surface area contributed by atoms with Crippen molar-refractivity contribution in [1.82, 2.24) is 15.0 Å². The molecule has 12 heteroatoms. The predicted octanol–water partition coefficient (Wildman–Crippen LogP) is 2.97. The number of para-hydroxylation sites is 1. The summed E-state index contributed by atoms with van der Waals surface area (Å²) in [7, 11) is 0. The molecule has 2 aromatic carbocycles. The first-order valence-corrected chi connectivity index (χ1v) is 11.5. The summed E-state index contributed by atoms with van der Waals surface area (Å²) >= 11 is 1.17. The van der Waals surface area contributed by atoms with Gasteiger partial charge in [0.1, 0.15) is 11.5 Å². The standard InChI is InChI=1S/C22H22N6O5S/c29-18(12-15-6-7-17(28(31)32)13-19(15)30)14-34-22-25-20(23-16-4-2-1-3-5-16)24-21(26-22)27-8-10-33-11-9-27/h1-7,13,30H,8-12,14H2,(H,23,24,25,26). The molecule has 1 fully saturated rings. The number of phenolic OH excluding ortho intramolecular Hbond substituents is 1. The van der Waals surface area contributed by atoms with Crippen molar-refractivity contribution in [3.63, 3.8) is 0 Å². The average Bonchev–Trinajstić information content (AvgIpc) is 2.85. The van der Waals surface area contributed by atoms with Crippen LogP contribution in [0.5, 0.6) is 5.75 Å². The van der Waals surface area contributed by atoms with E-state index >= 15 is 0 Å². The van der Waals surface area contributed by atoms with Gasteiger partial charge in [0.15, 0.2) is 5.16 Å². The molecule has 1 aliphatic heterocycles. The molecular weight excluding hydrogens is 460 g/mol. The maximum atomic E-state index is 12.5. The SMILES string of the molecule is O=C(CSc1nc(Nc2ccccc2)nc(N2CCOCC2)n1)Cc1ccc([N+](=O)[O-])cc1O. The maximum Gasteiger partial charge on any atom is 0.273 e. The number of nitrogens with zero attached hydrogens (tertiary/aromatic N) is 5. The van der Waals surface area contributed by atoms with Crippen LogP contribution in [0.3, 0.4) is 0 Å². The van der Waals surface area contributed by atoms with Crippen molar-refractivity contribution in [2.45, 2.75) is 11.6 Å². The fraction of sp³-hybridized carbons (Fsp3) is 0.273. The molecule has 2 N–H and O–H groups in total. The average molecular weight is 483 g/mol. The number of anilines is 3. The number of carbonyl (C=O) groups excluding carboxylic acids is 1. The summed E-state index contributed by atoms with van der Waals surface area (Å²) in [5.41, 5.74) is 0.914. The second kappa shape index (κ2) is 10.9. The molecule has 3 aromatic rings. The highest BCUT2D eigenvalue weighted by Crippen LogP contribution is 2.26. The highest BCUT2D eigenvalue weighted by Gasteiger charge is 2.18. The lowest BCUT2D eigenvalue weighted by atomic mass is 10.1. The van der Waals surface area contributed by atoms with Gasteiger partial charge in [-0.3, -0.25) is 14.9 Å². The second-order valence-electron chi connectivity index (χ2n) is 7.41. The van der Waals surface area contributed by atoms with E-state index in [4.69, 9.17) is 4.74 Å². The number of aromatic nitrogens is 3. The topological polar surface area (TPSA) is 144 Å². The minimum Gasteiger partial charge on any atom is -0.507 e. The molecule has 0 bridgehead atoms. The number of phenols is 1. The number of aromatic hydroxyl groups is 1. The van der Waals surface area contributed by atoms with Crippen LogP contribution in [-0.4, -0.2) is 62.8 Å². The molecular formula is C22H22N6O5S. The van der Waals surface area contributed by atoms with Gasteiger partial charge in [-0.15, -0.1) is 0 Å². The number of nitrogens with one attached hydrogen (secondary N) is 1. The van der Waals surface area contributed by atoms with Gasteiger partial charge in [0.05, 0.1) is 30.0 Å². The Morgan fingerprint density at radius 3 is 2.62 bits per heavy atom. The van der Waals surface area contributed by atoms with Crippen molar-refractivity contribution in [1.29, 1.82) is 0 Å². The van der Waals surface area contributed by atoms with Gasteiger partial charge in [0.25, 0.3) is 5.69 Å². The number of non-ortho nitro benzene ring substituents is 1. The van der Waals surface area contributed by atoms with Crippen molar-refractivity contribution >= 4 is 40.8 Å². The number of ketones is 1. The molecule has 1 aromatic heterocycles. The number of ether oxygens (including phenoxy) is 1. The molecule has 0 amide bonds. The molecule has 0 aliphatic carbocycles. The number of thioether (sulfide) groups is 1. The maximum absolute atomic E-state index is 12.5. The van der Waals surface area contributed by atoms with Crippen molar-refractivity contribution < 1.29 is 19.6 Å². The number of rotatable bonds is 9. The normalized spacial score (nSPS) is 13.5. The van der Waals surface area contributed by atoms with Gasteiger partial charge >= 0.3 is 0 Å². The van der Waals surface area contributed by atoms with Gasteiger partial charge in [-0.25, -0.2) is 0 Å². The molecule has 0 unspecified atom stereocenters. The van der Waals surface area contributed by atoms with Crippen LogP contribution in [0.4, 0.5) is 23.3 Å². The van der Waals surface area contributed by atoms with Crippen molar-refractivity contribution in [2.75, 3.05) is 42.3 Å². The number of benzene rings is 2. The van der Waals surface area contributed by atoms with Gasteiger partial charge < -0.3 is 20.1 Å². The first kappa shape index (κ1) is 23.4. The molecule has 0 radical (unpaired) electrons. The number of Topliss-reactive ketones (excluding diaryl/α,β-unsaturated/α-hetero) is 1. The highest BCUT2D eigenvalue weighted by atomic mass is 32.2. The summed E-state index contributed by atoms with van der Waals surface area (Å²) in [4.78, 5) is 38.3. The monoisotopic (exact) mass is 482 g/mol. The van der Waals surface area contributed by atoms with Crippen LogP contribution in [0.25, 0.3) is 0 Å². The molecule has 1 saturated heterocycles. The summed E-state index contributed by atoms with van der Waals surface area (Å²) in [5, 5.41) is 24.4. The minimum absolute atomic E-state index is 0.0621. The van der Waals surface area contributed by atoms with Crippen LogP contribution in [0.15, 0.2) is 53.7 Å². The third kappa shape index (κ3) is 6.17. The Bertz CT molecular complexity index is 1170. The zero-order valence-electron chi connectivity index (χ0n) is 18.1. The van der Waals surface area contributed by atoms with E-state index in [9.17, 15) is 20.0 Å². The molecule has 0 saturated carbocycles. The van der Waals surface area contributed by atoms with Gasteiger partial charge in [0.2, 0.25) is 11.9 Å². The summed E-state index contributed by atoms with van der Waals surface area (Å²) in [6, 6.07) is 13.2. The van der Waals surface area contributed by atoms with Crippen molar-refractivity contribution in [3.05, 3.63) is 64.2 Å². The van der Waals surface area contributed by atoms with Crippen LogP contribution in [0, 0.1) is 10.1 Å². The van der Waals surface area contributed by atoms with Gasteiger partial charge in [0, 0.05) is 36.8 Å². The molecule has 1 aliphatic rings. The Hall–Kier alpha value is -3.77. The number of carbonyl (C=O) groups is 1. The summed E-state index contributed by atoms with van der Waals surface area (Å²) in [6.45, 7) is 2.45. The van der Waals surface area contributed by atoms with E-state index in [0.29, 0.717) is 48.9 Å². The minimum atomic E-state index is -0.602. The number of nitro groups is 1. The lowest BCUT2D eigenvalue weighted by Gasteiger charge is -2.27. The molecule has 2 heterocycles. The number of nitro benzene ring substituents is 1. The van der Waals surface area contributed by atoms with Gasteiger partial charge in [-0.2, -0.15) is 15.0 Å². The van der Waals surface area contributed by atoms with E-state index < -0.39 is 4.92 Å². The Labute approximate surface area is 199 Å². The van der Waals surface area contributed by atoms with Crippen molar-refractivity contribution in [3.8, 4) is 5.75 Å². The summed E-state index contributed by atoms with van der Waals surface area (Å²) in [6.07, 6.45) is -0.0621. The largest absolute Gasteiger partial charge is 0.507 e. The molecule has 0 spiro atoms. The van der Waals surface area contributed by atoms with E-state index in [-0.39, 0.29) is 29.4 Å². The van der Waals surface area contributed by atoms with Crippen LogP contribution in [-0.2, 0) is 16.0 Å². The van der Waals surface area contributed by atoms with E-state index in [2.05, 4.69) is 20.3 Å². The highest BCUT2D eigenvalue weighted by molar-refractivity contribution is 7.99. The molecule has 34 heavy (non-hydrogen) atoms. The smallest absolute Gasteiger partial charge is 0.273 e. The van der Waals surface area contributed by atoms with E-state index in [1.54, 1.807) is 0 Å². The second-order valence-corrected chi connectivity index (χ2v) is 8.35. The van der Waals surface area contributed by atoms with E-state index in [0.717, 1.165) is 11.8 Å². The Balaban J connectivity index is 1.47. The third-order valence-corrected chi connectivity index (χ3v) is 5.86.